The molecule has 0 aliphatic carbocycles. The molecule has 0 amide bonds. The van der Waals surface area contributed by atoms with Crippen molar-refractivity contribution in [3.63, 3.8) is 0 Å². The Hall–Kier alpha value is -2.37. The second-order valence-corrected chi connectivity index (χ2v) is 15.6. The van der Waals surface area contributed by atoms with Crippen molar-refractivity contribution in [1.82, 2.24) is 0 Å². The Morgan fingerprint density at radius 1 is 0.382 bits per heavy atom. The highest BCUT2D eigenvalue weighted by Crippen LogP contribution is 2.15. The number of hydrogen-bond donors (Lipinski definition) is 0. The zero-order valence-corrected chi connectivity index (χ0v) is 36.4. The Morgan fingerprint density at radius 3 is 1.11 bits per heavy atom. The zero-order chi connectivity index (χ0) is 40.1. The molecule has 6 nitrogen and oxygen atoms in total. The number of ether oxygens (including phenoxy) is 3. The van der Waals surface area contributed by atoms with Gasteiger partial charge in [-0.3, -0.25) is 14.4 Å². The molecule has 0 radical (unpaired) electrons. The van der Waals surface area contributed by atoms with E-state index in [1.165, 1.54) is 122 Å². The molecule has 0 saturated heterocycles. The Morgan fingerprint density at radius 2 is 0.709 bits per heavy atom. The van der Waals surface area contributed by atoms with E-state index in [0.717, 1.165) is 70.6 Å². The average Bonchev–Trinajstić information content (AvgIpc) is 3.18. The minimum Gasteiger partial charge on any atom is -0.462 e. The van der Waals surface area contributed by atoms with E-state index in [0.29, 0.717) is 19.3 Å². The SMILES string of the molecule is CC/C=C\C/C=C\C/C=C\CCCCC(=O)OC(COC(=O)CCCCCCCCCCCCC)COC(=O)CCCCCCCCCCCCCCCC. The van der Waals surface area contributed by atoms with E-state index in [-0.39, 0.29) is 37.5 Å². The third kappa shape index (κ3) is 42.6. The monoisotopic (exact) mass is 773 g/mol. The maximum absolute atomic E-state index is 12.7. The smallest absolute Gasteiger partial charge is 0.306 e. The molecule has 0 aromatic heterocycles. The van der Waals surface area contributed by atoms with Gasteiger partial charge in [0.15, 0.2) is 6.10 Å². The maximum atomic E-state index is 12.7. The molecular formula is C49H88O6. The van der Waals surface area contributed by atoms with E-state index in [1.54, 1.807) is 0 Å². The number of hydrogen-bond acceptors (Lipinski definition) is 6. The average molecular weight is 773 g/mol. The first-order valence-corrected chi connectivity index (χ1v) is 23.5. The van der Waals surface area contributed by atoms with Crippen molar-refractivity contribution < 1.29 is 28.6 Å². The zero-order valence-electron chi connectivity index (χ0n) is 36.4. The normalized spacial score (nSPS) is 12.3. The van der Waals surface area contributed by atoms with Crippen molar-refractivity contribution in [2.24, 2.45) is 0 Å². The number of esters is 3. The van der Waals surface area contributed by atoms with Crippen molar-refractivity contribution in [2.45, 2.75) is 245 Å². The predicted octanol–water partition coefficient (Wildman–Crippen LogP) is 15.0. The second kappa shape index (κ2) is 44.3. The molecule has 1 atom stereocenters. The summed E-state index contributed by atoms with van der Waals surface area (Å²) in [4.78, 5) is 37.7. The maximum Gasteiger partial charge on any atom is 0.306 e. The van der Waals surface area contributed by atoms with Gasteiger partial charge in [0.25, 0.3) is 0 Å². The van der Waals surface area contributed by atoms with Gasteiger partial charge in [-0.1, -0.05) is 205 Å². The van der Waals surface area contributed by atoms with Gasteiger partial charge in [0.2, 0.25) is 0 Å². The van der Waals surface area contributed by atoms with Crippen LogP contribution in [0.25, 0.3) is 0 Å². The van der Waals surface area contributed by atoms with Gasteiger partial charge in [0.1, 0.15) is 13.2 Å². The molecule has 0 aromatic rings. The summed E-state index contributed by atoms with van der Waals surface area (Å²) in [5.41, 5.74) is 0. The van der Waals surface area contributed by atoms with Gasteiger partial charge >= 0.3 is 17.9 Å². The lowest BCUT2D eigenvalue weighted by molar-refractivity contribution is -0.167. The van der Waals surface area contributed by atoms with Crippen molar-refractivity contribution in [3.05, 3.63) is 36.5 Å². The van der Waals surface area contributed by atoms with Crippen LogP contribution >= 0.6 is 0 Å². The van der Waals surface area contributed by atoms with Gasteiger partial charge in [-0.05, 0) is 51.4 Å². The lowest BCUT2D eigenvalue weighted by Gasteiger charge is -2.18. The molecular weight excluding hydrogens is 685 g/mol. The van der Waals surface area contributed by atoms with E-state index >= 15 is 0 Å². The van der Waals surface area contributed by atoms with Crippen LogP contribution in [0.15, 0.2) is 36.5 Å². The van der Waals surface area contributed by atoms with E-state index in [2.05, 4.69) is 57.2 Å². The molecule has 0 bridgehead atoms. The molecule has 0 fully saturated rings. The van der Waals surface area contributed by atoms with Crippen LogP contribution in [0.2, 0.25) is 0 Å². The first-order valence-electron chi connectivity index (χ1n) is 23.5. The minimum atomic E-state index is -0.784. The lowest BCUT2D eigenvalue weighted by atomic mass is 10.0. The first-order chi connectivity index (χ1) is 27.0. The molecule has 320 valence electrons. The summed E-state index contributed by atoms with van der Waals surface area (Å²) in [6.07, 6.45) is 49.9. The van der Waals surface area contributed by atoms with E-state index in [4.69, 9.17) is 14.2 Å². The van der Waals surface area contributed by atoms with Crippen LogP contribution in [-0.2, 0) is 28.6 Å². The van der Waals surface area contributed by atoms with Gasteiger partial charge < -0.3 is 14.2 Å². The van der Waals surface area contributed by atoms with Crippen molar-refractivity contribution in [3.8, 4) is 0 Å². The van der Waals surface area contributed by atoms with Crippen LogP contribution in [0.5, 0.6) is 0 Å². The summed E-state index contributed by atoms with van der Waals surface area (Å²) in [6.45, 7) is 6.49. The molecule has 0 N–H and O–H groups in total. The van der Waals surface area contributed by atoms with Crippen LogP contribution in [-0.4, -0.2) is 37.2 Å². The Bertz CT molecular complexity index is 938. The van der Waals surface area contributed by atoms with Gasteiger partial charge in [-0.25, -0.2) is 0 Å². The minimum absolute atomic E-state index is 0.0839. The van der Waals surface area contributed by atoms with Gasteiger partial charge in [0, 0.05) is 19.3 Å². The van der Waals surface area contributed by atoms with Crippen LogP contribution in [0.1, 0.15) is 239 Å². The number of unbranched alkanes of at least 4 members (excludes halogenated alkanes) is 25. The quantitative estimate of drug-likeness (QED) is 0.0266. The van der Waals surface area contributed by atoms with Crippen LogP contribution in [0, 0.1) is 0 Å². The Balaban J connectivity index is 4.39. The fraction of sp³-hybridized carbons (Fsp3) is 0.816. The molecule has 0 rings (SSSR count). The molecule has 0 spiro atoms. The molecule has 0 heterocycles. The van der Waals surface area contributed by atoms with Crippen molar-refractivity contribution >= 4 is 17.9 Å². The summed E-state index contributed by atoms with van der Waals surface area (Å²) in [6, 6.07) is 0. The highest BCUT2D eigenvalue weighted by molar-refractivity contribution is 5.71. The van der Waals surface area contributed by atoms with Crippen LogP contribution < -0.4 is 0 Å². The highest BCUT2D eigenvalue weighted by atomic mass is 16.6. The number of carbonyl (C=O) groups excluding carboxylic acids is 3. The summed E-state index contributed by atoms with van der Waals surface area (Å²) >= 11 is 0. The molecule has 0 saturated carbocycles. The number of allylic oxidation sites excluding steroid dienone is 6. The molecule has 0 aliphatic heterocycles. The van der Waals surface area contributed by atoms with Crippen molar-refractivity contribution in [1.29, 1.82) is 0 Å². The molecule has 1 unspecified atom stereocenters. The summed E-state index contributed by atoms with van der Waals surface area (Å²) < 4.78 is 16.7. The first kappa shape index (κ1) is 52.6. The van der Waals surface area contributed by atoms with E-state index < -0.39 is 6.10 Å². The topological polar surface area (TPSA) is 78.9 Å². The number of rotatable bonds is 42. The largest absolute Gasteiger partial charge is 0.462 e. The second-order valence-electron chi connectivity index (χ2n) is 15.6. The Kier molecular flexibility index (Phi) is 42.4. The standard InChI is InChI=1S/C49H88O6/c1-4-7-10-13-16-19-22-24-25-28-30-33-36-39-42-48(51)54-45-46(44-53-47(50)41-38-35-32-29-26-21-18-15-12-9-6-3)55-49(52)43-40-37-34-31-27-23-20-17-14-11-8-5-2/h8,11,17,20,27,31,46H,4-7,9-10,12-16,18-19,21-26,28-30,32-45H2,1-3H3/b11-8-,20-17-,31-27-. The fourth-order valence-electron chi connectivity index (χ4n) is 6.63. The van der Waals surface area contributed by atoms with Gasteiger partial charge in [-0.15, -0.1) is 0 Å². The number of carbonyl (C=O) groups is 3. The molecule has 0 aromatic carbocycles. The van der Waals surface area contributed by atoms with Crippen LogP contribution in [0.4, 0.5) is 0 Å². The lowest BCUT2D eigenvalue weighted by Crippen LogP contribution is -2.30. The fourth-order valence-corrected chi connectivity index (χ4v) is 6.63. The summed E-state index contributed by atoms with van der Waals surface area (Å²) in [7, 11) is 0. The molecule has 6 heteroatoms. The Labute approximate surface area is 340 Å². The van der Waals surface area contributed by atoms with Crippen molar-refractivity contribution in [2.75, 3.05) is 13.2 Å². The highest BCUT2D eigenvalue weighted by Gasteiger charge is 2.19. The van der Waals surface area contributed by atoms with Gasteiger partial charge in [-0.2, -0.15) is 0 Å². The third-order valence-electron chi connectivity index (χ3n) is 10.2. The third-order valence-corrected chi connectivity index (χ3v) is 10.2. The van der Waals surface area contributed by atoms with Crippen LogP contribution in [0.3, 0.4) is 0 Å². The van der Waals surface area contributed by atoms with E-state index in [1.807, 2.05) is 0 Å². The predicted molar refractivity (Wildman–Crippen MR) is 233 cm³/mol. The summed E-state index contributed by atoms with van der Waals surface area (Å²) in [5.74, 6) is -0.919. The molecule has 55 heavy (non-hydrogen) atoms. The van der Waals surface area contributed by atoms with Gasteiger partial charge in [0.05, 0.1) is 0 Å². The summed E-state index contributed by atoms with van der Waals surface area (Å²) in [5, 5.41) is 0. The van der Waals surface area contributed by atoms with E-state index in [9.17, 15) is 14.4 Å². The molecule has 0 aliphatic rings.